The van der Waals surface area contributed by atoms with Gasteiger partial charge in [0.15, 0.2) is 0 Å². The van der Waals surface area contributed by atoms with E-state index in [1.165, 1.54) is 12.5 Å². The number of benzene rings is 1. The van der Waals surface area contributed by atoms with Crippen molar-refractivity contribution >= 4 is 50.9 Å². The second-order valence-electron chi connectivity index (χ2n) is 8.90. The molecule has 1 aliphatic carbocycles. The number of aryl methyl sites for hydroxylation is 1. The number of hydrogen-bond donors (Lipinski definition) is 5. The molecule has 3 atom stereocenters. The summed E-state index contributed by atoms with van der Waals surface area (Å²) in [5.41, 5.74) is 8.88. The van der Waals surface area contributed by atoms with Crippen molar-refractivity contribution in [1.29, 1.82) is 5.41 Å². The van der Waals surface area contributed by atoms with Crippen LogP contribution in [0.3, 0.4) is 0 Å². The van der Waals surface area contributed by atoms with E-state index >= 15 is 0 Å². The highest BCUT2D eigenvalue weighted by Crippen LogP contribution is 2.42. The van der Waals surface area contributed by atoms with Crippen LogP contribution in [0.2, 0.25) is 0 Å². The van der Waals surface area contributed by atoms with Crippen molar-refractivity contribution < 1.29 is 19.7 Å². The second-order valence-corrected chi connectivity index (χ2v) is 9.99. The Hall–Kier alpha value is -3.28. The van der Waals surface area contributed by atoms with Gasteiger partial charge in [-0.15, -0.1) is 11.3 Å². The zero-order chi connectivity index (χ0) is 24.7. The Kier molecular flexibility index (Phi) is 6.30. The highest BCUT2D eigenvalue weighted by molar-refractivity contribution is 7.19. The first-order valence-corrected chi connectivity index (χ1v) is 12.4. The molecule has 5 rings (SSSR count). The Morgan fingerprint density at radius 3 is 2.83 bits per heavy atom. The average molecular weight is 497 g/mol. The summed E-state index contributed by atoms with van der Waals surface area (Å²) >= 11 is 1.57. The van der Waals surface area contributed by atoms with Gasteiger partial charge in [0.2, 0.25) is 5.91 Å². The largest absolute Gasteiger partial charge is 0.492 e. The van der Waals surface area contributed by atoms with E-state index < -0.39 is 12.2 Å². The van der Waals surface area contributed by atoms with Gasteiger partial charge in [0.25, 0.3) is 0 Å². The third kappa shape index (κ3) is 4.30. The van der Waals surface area contributed by atoms with E-state index in [4.69, 9.17) is 15.9 Å². The molecule has 1 fully saturated rings. The number of fused-ring (bicyclic) bond motifs is 3. The average Bonchev–Trinajstić information content (AvgIpc) is 3.39. The molecule has 10 nitrogen and oxygen atoms in total. The van der Waals surface area contributed by atoms with Crippen LogP contribution < -0.4 is 15.8 Å². The van der Waals surface area contributed by atoms with Gasteiger partial charge in [-0.2, -0.15) is 0 Å². The van der Waals surface area contributed by atoms with Gasteiger partial charge in [-0.05, 0) is 37.8 Å². The van der Waals surface area contributed by atoms with Crippen LogP contribution >= 0.6 is 11.3 Å². The van der Waals surface area contributed by atoms with E-state index in [2.05, 4.69) is 15.3 Å². The van der Waals surface area contributed by atoms with Gasteiger partial charge in [-0.3, -0.25) is 4.79 Å². The number of nitrogens with one attached hydrogen (secondary N) is 2. The van der Waals surface area contributed by atoms with Crippen molar-refractivity contribution in [3.05, 3.63) is 34.5 Å². The van der Waals surface area contributed by atoms with Crippen LogP contribution in [0.15, 0.2) is 18.5 Å². The number of β-amino-alcohol motifs (C(OH)–C–C–N with tert-alkyl or cyclic N) is 2. The maximum Gasteiger partial charge on any atom is 0.226 e. The summed E-state index contributed by atoms with van der Waals surface area (Å²) in [7, 11) is 0. The summed E-state index contributed by atoms with van der Waals surface area (Å²) in [6.45, 7) is 2.71. The van der Waals surface area contributed by atoms with E-state index in [0.29, 0.717) is 54.4 Å². The molecular weight excluding hydrogens is 468 g/mol. The lowest BCUT2D eigenvalue weighted by Gasteiger charge is -2.26. The van der Waals surface area contributed by atoms with Crippen molar-refractivity contribution in [3.63, 3.8) is 0 Å². The summed E-state index contributed by atoms with van der Waals surface area (Å²) in [6, 6.07) is 3.48. The number of anilines is 3. The smallest absolute Gasteiger partial charge is 0.226 e. The van der Waals surface area contributed by atoms with Crippen LogP contribution in [0, 0.1) is 11.3 Å². The third-order valence-electron chi connectivity index (χ3n) is 6.66. The molecule has 0 radical (unpaired) electrons. The lowest BCUT2D eigenvalue weighted by molar-refractivity contribution is -0.135. The number of likely N-dealkylation sites (tertiary alicyclic amines) is 1. The van der Waals surface area contributed by atoms with Gasteiger partial charge in [0.1, 0.15) is 22.7 Å². The molecule has 3 aromatic rings. The molecule has 3 heterocycles. The van der Waals surface area contributed by atoms with Crippen LogP contribution in [0.1, 0.15) is 29.3 Å². The minimum absolute atomic E-state index is 0.0180. The quantitative estimate of drug-likeness (QED) is 0.256. The Labute approximate surface area is 206 Å². The summed E-state index contributed by atoms with van der Waals surface area (Å²) in [6.07, 6.45) is 2.94. The van der Waals surface area contributed by atoms with Crippen molar-refractivity contribution in [1.82, 2.24) is 14.9 Å². The molecule has 35 heavy (non-hydrogen) atoms. The lowest BCUT2D eigenvalue weighted by atomic mass is 9.87. The zero-order valence-corrected chi connectivity index (χ0v) is 20.1. The van der Waals surface area contributed by atoms with Crippen LogP contribution in [0.25, 0.3) is 10.2 Å². The Balaban J connectivity index is 1.45. The number of thiophene rings is 1. The molecule has 2 aromatic heterocycles. The molecule has 0 bridgehead atoms. The molecule has 2 aliphatic rings. The van der Waals surface area contributed by atoms with E-state index in [1.807, 2.05) is 6.92 Å². The first kappa shape index (κ1) is 23.5. The first-order valence-electron chi connectivity index (χ1n) is 11.6. The summed E-state index contributed by atoms with van der Waals surface area (Å²) in [5, 5.41) is 31.6. The Morgan fingerprint density at radius 1 is 1.34 bits per heavy atom. The molecule has 1 aromatic carbocycles. The van der Waals surface area contributed by atoms with Gasteiger partial charge in [-0.1, -0.05) is 0 Å². The molecule has 11 heteroatoms. The van der Waals surface area contributed by atoms with Gasteiger partial charge < -0.3 is 36.3 Å². The fraction of sp³-hybridized carbons (Fsp3) is 0.417. The minimum atomic E-state index is -0.880. The van der Waals surface area contributed by atoms with Crippen molar-refractivity contribution in [2.45, 2.75) is 38.4 Å². The van der Waals surface area contributed by atoms with Crippen LogP contribution in [0.5, 0.6) is 5.75 Å². The summed E-state index contributed by atoms with van der Waals surface area (Å²) in [4.78, 5) is 25.5. The number of nitrogen functional groups attached to an aromatic ring is 1. The number of carbonyl (C=O) groups is 1. The minimum Gasteiger partial charge on any atom is -0.492 e. The predicted molar refractivity (Wildman–Crippen MR) is 135 cm³/mol. The van der Waals surface area contributed by atoms with Crippen LogP contribution in [-0.4, -0.2) is 69.1 Å². The van der Waals surface area contributed by atoms with Crippen molar-refractivity contribution in [3.8, 4) is 5.75 Å². The number of rotatable bonds is 6. The summed E-state index contributed by atoms with van der Waals surface area (Å²) in [5.74, 6) is 1.02. The van der Waals surface area contributed by atoms with Crippen LogP contribution in [-0.2, 0) is 17.6 Å². The van der Waals surface area contributed by atoms with Gasteiger partial charge in [0.05, 0.1) is 29.9 Å². The fourth-order valence-corrected chi connectivity index (χ4v) is 6.13. The molecule has 6 N–H and O–H groups in total. The normalized spacial score (nSPS) is 21.7. The first-order chi connectivity index (χ1) is 16.9. The number of nitrogens with zero attached hydrogens (tertiary/aromatic N) is 3. The van der Waals surface area contributed by atoms with Crippen molar-refractivity contribution in [2.75, 3.05) is 30.7 Å². The van der Waals surface area contributed by atoms with Crippen LogP contribution in [0.4, 0.5) is 17.2 Å². The van der Waals surface area contributed by atoms with Gasteiger partial charge in [0, 0.05) is 47.4 Å². The highest BCUT2D eigenvalue weighted by atomic mass is 32.1. The second kappa shape index (κ2) is 9.40. The van der Waals surface area contributed by atoms with E-state index in [-0.39, 0.29) is 24.9 Å². The maximum atomic E-state index is 13.0. The molecule has 184 valence electrons. The van der Waals surface area contributed by atoms with E-state index in [0.717, 1.165) is 20.7 Å². The molecule has 1 saturated heterocycles. The monoisotopic (exact) mass is 496 g/mol. The van der Waals surface area contributed by atoms with E-state index in [9.17, 15) is 15.0 Å². The number of aromatic nitrogens is 2. The lowest BCUT2D eigenvalue weighted by Crippen LogP contribution is -2.37. The van der Waals surface area contributed by atoms with E-state index in [1.54, 1.807) is 28.4 Å². The standard InChI is InChI=1S/C24H28N6O4S/c1-2-34-19-7-15(26)13(8-25)5-16(19)29-22-21-14-4-3-12(6-20(14)35-23(21)28-11-27-22)24(33)30-9-17(31)18(32)10-30/h5,7-8,11-12,17-18,25,31-32H,2-4,6,9-10,26H2,1H3,(H,27,28,29). The molecule has 0 spiro atoms. The highest BCUT2D eigenvalue weighted by Gasteiger charge is 2.37. The molecule has 1 amide bonds. The number of aliphatic hydroxyl groups is 2. The Morgan fingerprint density at radius 2 is 2.11 bits per heavy atom. The third-order valence-corrected chi connectivity index (χ3v) is 7.82. The molecule has 3 unspecified atom stereocenters. The molecular formula is C24H28N6O4S. The number of nitrogens with two attached hydrogens (primary N) is 1. The molecule has 0 saturated carbocycles. The number of aliphatic hydroxyl groups excluding tert-OH is 2. The number of hydrogen-bond acceptors (Lipinski definition) is 10. The molecule has 1 aliphatic heterocycles. The number of carbonyl (C=O) groups excluding carboxylic acids is 1. The SMILES string of the molecule is CCOc1cc(N)c(C=N)cc1Nc1ncnc2sc3c(c12)CCC(C(=O)N1CC(O)C(O)C1)C3. The number of ether oxygens (including phenoxy) is 1. The topological polar surface area (TPSA) is 158 Å². The Bertz CT molecular complexity index is 1280. The summed E-state index contributed by atoms with van der Waals surface area (Å²) < 4.78 is 5.76. The van der Waals surface area contributed by atoms with Gasteiger partial charge >= 0.3 is 0 Å². The predicted octanol–water partition coefficient (Wildman–Crippen LogP) is 2.08. The zero-order valence-electron chi connectivity index (χ0n) is 19.3. The maximum absolute atomic E-state index is 13.0. The fourth-order valence-electron chi connectivity index (χ4n) is 4.86. The van der Waals surface area contributed by atoms with Crippen molar-refractivity contribution in [2.24, 2.45) is 5.92 Å². The number of amides is 1. The van der Waals surface area contributed by atoms with Gasteiger partial charge in [-0.25, -0.2) is 9.97 Å².